The topological polar surface area (TPSA) is 69.7 Å². The summed E-state index contributed by atoms with van der Waals surface area (Å²) in [6, 6.07) is 8.55. The Kier molecular flexibility index (Phi) is 3.09. The smallest absolute Gasteiger partial charge is 0.454 e. The average molecular weight is 234 g/mol. The van der Waals surface area contributed by atoms with Crippen molar-refractivity contribution in [2.45, 2.75) is 13.5 Å². The van der Waals surface area contributed by atoms with Gasteiger partial charge >= 0.3 is 11.8 Å². The van der Waals surface area contributed by atoms with E-state index in [2.05, 4.69) is 4.42 Å². The molecule has 0 aliphatic heterocycles. The zero-order valence-electron chi connectivity index (χ0n) is 9.14. The van der Waals surface area contributed by atoms with E-state index in [1.807, 2.05) is 0 Å². The SMILES string of the molecule is Cc1oc(=O)oc1COC(=O)c1ccccc1. The monoisotopic (exact) mass is 234 g/mol. The van der Waals surface area contributed by atoms with Gasteiger partial charge in [-0.3, -0.25) is 0 Å². The van der Waals surface area contributed by atoms with Gasteiger partial charge in [-0.15, -0.1) is 0 Å². The lowest BCUT2D eigenvalue weighted by Crippen LogP contribution is -2.05. The summed E-state index contributed by atoms with van der Waals surface area (Å²) in [7, 11) is 0. The van der Waals surface area contributed by atoms with Crippen LogP contribution in [-0.2, 0) is 11.3 Å². The van der Waals surface area contributed by atoms with Crippen molar-refractivity contribution in [3.63, 3.8) is 0 Å². The van der Waals surface area contributed by atoms with E-state index in [0.29, 0.717) is 11.3 Å². The molecule has 0 amide bonds. The zero-order valence-corrected chi connectivity index (χ0v) is 9.14. The molecular formula is C12H10O5. The highest BCUT2D eigenvalue weighted by Crippen LogP contribution is 2.08. The van der Waals surface area contributed by atoms with Crippen LogP contribution in [0.15, 0.2) is 44.0 Å². The van der Waals surface area contributed by atoms with Gasteiger partial charge in [0, 0.05) is 0 Å². The first kappa shape index (κ1) is 11.2. The molecule has 0 aliphatic carbocycles. The van der Waals surface area contributed by atoms with Crippen molar-refractivity contribution in [3.05, 3.63) is 58.0 Å². The Bertz CT molecular complexity index is 564. The summed E-state index contributed by atoms with van der Waals surface area (Å²) in [6.07, 6.45) is 0. The summed E-state index contributed by atoms with van der Waals surface area (Å²) in [5.74, 6) is -0.739. The Morgan fingerprint density at radius 1 is 1.24 bits per heavy atom. The van der Waals surface area contributed by atoms with Crippen molar-refractivity contribution in [1.82, 2.24) is 0 Å². The molecule has 2 aromatic rings. The number of carbonyl (C=O) groups is 1. The molecule has 0 aliphatic rings. The van der Waals surface area contributed by atoms with Gasteiger partial charge in [0.15, 0.2) is 18.1 Å². The molecule has 0 saturated carbocycles. The Labute approximate surface area is 96.6 Å². The van der Waals surface area contributed by atoms with Crippen LogP contribution in [0.5, 0.6) is 0 Å². The fourth-order valence-electron chi connectivity index (χ4n) is 1.29. The minimum atomic E-state index is -0.798. The van der Waals surface area contributed by atoms with E-state index < -0.39 is 11.8 Å². The lowest BCUT2D eigenvalue weighted by Gasteiger charge is -2.01. The molecule has 17 heavy (non-hydrogen) atoms. The van der Waals surface area contributed by atoms with Crippen LogP contribution < -0.4 is 5.82 Å². The molecule has 0 N–H and O–H groups in total. The van der Waals surface area contributed by atoms with Gasteiger partial charge in [-0.25, -0.2) is 9.59 Å². The number of rotatable bonds is 3. The Morgan fingerprint density at radius 3 is 2.53 bits per heavy atom. The van der Waals surface area contributed by atoms with Crippen molar-refractivity contribution < 1.29 is 18.4 Å². The number of carbonyl (C=O) groups excluding carboxylic acids is 1. The summed E-state index contributed by atoms with van der Waals surface area (Å²) >= 11 is 0. The van der Waals surface area contributed by atoms with E-state index in [1.165, 1.54) is 0 Å². The molecular weight excluding hydrogens is 224 g/mol. The molecule has 0 radical (unpaired) electrons. The third-order valence-electron chi connectivity index (χ3n) is 2.18. The predicted octanol–water partition coefficient (Wildman–Crippen LogP) is 1.90. The minimum Gasteiger partial charge on any atom is -0.454 e. The summed E-state index contributed by atoms with van der Waals surface area (Å²) in [4.78, 5) is 22.3. The lowest BCUT2D eigenvalue weighted by atomic mass is 10.2. The average Bonchev–Trinajstić information content (AvgIpc) is 2.66. The third-order valence-corrected chi connectivity index (χ3v) is 2.18. The van der Waals surface area contributed by atoms with Gasteiger partial charge in [0.2, 0.25) is 0 Å². The second kappa shape index (κ2) is 4.69. The standard InChI is InChI=1S/C12H10O5/c1-8-10(17-12(14)16-8)7-15-11(13)9-5-3-2-4-6-9/h2-6H,7H2,1H3. The molecule has 0 unspecified atom stereocenters. The minimum absolute atomic E-state index is 0.120. The molecule has 1 heterocycles. The van der Waals surface area contributed by atoms with Gasteiger partial charge in [0.25, 0.3) is 0 Å². The Hall–Kier alpha value is -2.30. The molecule has 0 spiro atoms. The molecule has 2 rings (SSSR count). The van der Waals surface area contributed by atoms with Crippen LogP contribution in [0.1, 0.15) is 21.9 Å². The summed E-state index contributed by atoms with van der Waals surface area (Å²) < 4.78 is 14.3. The summed E-state index contributed by atoms with van der Waals surface area (Å²) in [5, 5.41) is 0. The van der Waals surface area contributed by atoms with Crippen LogP contribution in [0.3, 0.4) is 0 Å². The molecule has 88 valence electrons. The number of ether oxygens (including phenoxy) is 1. The van der Waals surface area contributed by atoms with Crippen LogP contribution in [0.2, 0.25) is 0 Å². The Morgan fingerprint density at radius 2 is 1.94 bits per heavy atom. The summed E-state index contributed by atoms with van der Waals surface area (Å²) in [6.45, 7) is 1.45. The molecule has 1 aromatic heterocycles. The zero-order chi connectivity index (χ0) is 12.3. The van der Waals surface area contributed by atoms with Crippen LogP contribution in [0.25, 0.3) is 0 Å². The van der Waals surface area contributed by atoms with Crippen molar-refractivity contribution >= 4 is 5.97 Å². The Balaban J connectivity index is 2.02. The van der Waals surface area contributed by atoms with Crippen molar-refractivity contribution in [1.29, 1.82) is 0 Å². The molecule has 5 nitrogen and oxygen atoms in total. The van der Waals surface area contributed by atoms with E-state index in [9.17, 15) is 9.59 Å². The van der Waals surface area contributed by atoms with Gasteiger partial charge < -0.3 is 13.6 Å². The molecule has 1 aromatic carbocycles. The molecule has 0 saturated heterocycles. The third kappa shape index (κ3) is 2.63. The van der Waals surface area contributed by atoms with E-state index in [1.54, 1.807) is 37.3 Å². The maximum Gasteiger partial charge on any atom is 0.519 e. The number of benzene rings is 1. The van der Waals surface area contributed by atoms with Crippen molar-refractivity contribution in [2.24, 2.45) is 0 Å². The molecule has 0 bridgehead atoms. The lowest BCUT2D eigenvalue weighted by molar-refractivity contribution is 0.0443. The number of aryl methyl sites for hydroxylation is 1. The van der Waals surface area contributed by atoms with E-state index in [-0.39, 0.29) is 12.4 Å². The first-order chi connectivity index (χ1) is 8.16. The first-order valence-corrected chi connectivity index (χ1v) is 4.98. The maximum absolute atomic E-state index is 11.6. The van der Waals surface area contributed by atoms with E-state index in [0.717, 1.165) is 0 Å². The van der Waals surface area contributed by atoms with Gasteiger partial charge in [-0.1, -0.05) is 18.2 Å². The number of hydrogen-bond donors (Lipinski definition) is 0. The van der Waals surface area contributed by atoms with Crippen LogP contribution in [0, 0.1) is 6.92 Å². The predicted molar refractivity (Wildman–Crippen MR) is 57.5 cm³/mol. The second-order valence-electron chi connectivity index (χ2n) is 3.38. The highest BCUT2D eigenvalue weighted by molar-refractivity contribution is 5.89. The normalized spacial score (nSPS) is 10.2. The van der Waals surface area contributed by atoms with E-state index >= 15 is 0 Å². The number of esters is 1. The van der Waals surface area contributed by atoms with Crippen LogP contribution in [-0.4, -0.2) is 5.97 Å². The van der Waals surface area contributed by atoms with Crippen molar-refractivity contribution in [2.75, 3.05) is 0 Å². The highest BCUT2D eigenvalue weighted by Gasteiger charge is 2.12. The fraction of sp³-hybridized carbons (Fsp3) is 0.167. The molecule has 5 heteroatoms. The van der Waals surface area contributed by atoms with Gasteiger partial charge in [0.1, 0.15) is 0 Å². The second-order valence-corrected chi connectivity index (χ2v) is 3.38. The number of hydrogen-bond acceptors (Lipinski definition) is 5. The van der Waals surface area contributed by atoms with Gasteiger partial charge in [0.05, 0.1) is 5.56 Å². The van der Waals surface area contributed by atoms with Gasteiger partial charge in [-0.2, -0.15) is 0 Å². The molecule has 0 fully saturated rings. The first-order valence-electron chi connectivity index (χ1n) is 4.98. The fourth-order valence-corrected chi connectivity index (χ4v) is 1.29. The van der Waals surface area contributed by atoms with Crippen molar-refractivity contribution in [3.8, 4) is 0 Å². The molecule has 0 atom stereocenters. The van der Waals surface area contributed by atoms with E-state index in [4.69, 9.17) is 9.15 Å². The quantitative estimate of drug-likeness (QED) is 0.758. The highest BCUT2D eigenvalue weighted by atomic mass is 16.6. The van der Waals surface area contributed by atoms with Crippen LogP contribution in [0.4, 0.5) is 0 Å². The maximum atomic E-state index is 11.6. The van der Waals surface area contributed by atoms with Gasteiger partial charge in [-0.05, 0) is 19.1 Å². The van der Waals surface area contributed by atoms with Crippen LogP contribution >= 0.6 is 0 Å². The summed E-state index contributed by atoms with van der Waals surface area (Å²) in [5.41, 5.74) is 0.441. The largest absolute Gasteiger partial charge is 0.519 e.